The summed E-state index contributed by atoms with van der Waals surface area (Å²) < 4.78 is 1.86. The average molecular weight is 245 g/mol. The van der Waals surface area contributed by atoms with Crippen LogP contribution in [0.2, 0.25) is 0 Å². The molecule has 0 fully saturated rings. The number of aryl methyl sites for hydroxylation is 1. The quantitative estimate of drug-likeness (QED) is 0.834. The van der Waals surface area contributed by atoms with Crippen molar-refractivity contribution in [3.8, 4) is 5.75 Å². The fourth-order valence-corrected chi connectivity index (χ4v) is 1.61. The lowest BCUT2D eigenvalue weighted by atomic mass is 10.2. The number of phenols is 1. The molecule has 0 radical (unpaired) electrons. The Balaban J connectivity index is 1.75. The number of nitrogens with zero attached hydrogens (tertiary/aromatic N) is 2. The standard InChI is InChI=1S/C13H15N3O2/c17-12-3-1-2-11(8-12)9-15-13(18)4-6-16-7-5-14-10-16/h1-3,5,7-8,10,17H,4,6,9H2,(H,15,18). The van der Waals surface area contributed by atoms with E-state index in [4.69, 9.17) is 0 Å². The van der Waals surface area contributed by atoms with E-state index in [1.807, 2.05) is 16.8 Å². The van der Waals surface area contributed by atoms with E-state index in [1.165, 1.54) is 0 Å². The smallest absolute Gasteiger partial charge is 0.222 e. The Morgan fingerprint density at radius 3 is 3.06 bits per heavy atom. The van der Waals surface area contributed by atoms with Crippen LogP contribution in [0, 0.1) is 0 Å². The first-order valence-corrected chi connectivity index (χ1v) is 5.74. The molecule has 94 valence electrons. The van der Waals surface area contributed by atoms with Crippen molar-refractivity contribution in [2.24, 2.45) is 0 Å². The third kappa shape index (κ3) is 3.62. The van der Waals surface area contributed by atoms with Crippen molar-refractivity contribution in [1.82, 2.24) is 14.9 Å². The van der Waals surface area contributed by atoms with Crippen LogP contribution < -0.4 is 5.32 Å². The summed E-state index contributed by atoms with van der Waals surface area (Å²) in [4.78, 5) is 15.5. The number of aromatic hydroxyl groups is 1. The summed E-state index contributed by atoms with van der Waals surface area (Å²) in [6.45, 7) is 1.04. The van der Waals surface area contributed by atoms with Crippen molar-refractivity contribution in [3.05, 3.63) is 48.5 Å². The fourth-order valence-electron chi connectivity index (χ4n) is 1.61. The highest BCUT2D eigenvalue weighted by atomic mass is 16.3. The topological polar surface area (TPSA) is 67.2 Å². The lowest BCUT2D eigenvalue weighted by molar-refractivity contribution is -0.121. The number of hydrogen-bond acceptors (Lipinski definition) is 3. The molecule has 0 saturated carbocycles. The van der Waals surface area contributed by atoms with Gasteiger partial charge in [-0.15, -0.1) is 0 Å². The van der Waals surface area contributed by atoms with Crippen LogP contribution in [0.15, 0.2) is 43.0 Å². The van der Waals surface area contributed by atoms with Crippen LogP contribution in [-0.4, -0.2) is 20.6 Å². The van der Waals surface area contributed by atoms with Gasteiger partial charge in [0.25, 0.3) is 0 Å². The Morgan fingerprint density at radius 1 is 1.44 bits per heavy atom. The predicted octanol–water partition coefficient (Wildman–Crippen LogP) is 1.30. The van der Waals surface area contributed by atoms with Gasteiger partial charge in [-0.1, -0.05) is 12.1 Å². The van der Waals surface area contributed by atoms with E-state index < -0.39 is 0 Å². The van der Waals surface area contributed by atoms with E-state index in [-0.39, 0.29) is 11.7 Å². The van der Waals surface area contributed by atoms with Crippen molar-refractivity contribution in [1.29, 1.82) is 0 Å². The number of carbonyl (C=O) groups excluding carboxylic acids is 1. The summed E-state index contributed by atoms with van der Waals surface area (Å²) in [5.74, 6) is 0.187. The SMILES string of the molecule is O=C(CCn1ccnc1)NCc1cccc(O)c1. The van der Waals surface area contributed by atoms with Crippen molar-refractivity contribution in [2.45, 2.75) is 19.5 Å². The van der Waals surface area contributed by atoms with E-state index in [1.54, 1.807) is 30.7 Å². The third-order valence-corrected chi connectivity index (χ3v) is 2.56. The number of imidazole rings is 1. The highest BCUT2D eigenvalue weighted by molar-refractivity contribution is 5.75. The molecule has 1 heterocycles. The minimum Gasteiger partial charge on any atom is -0.508 e. The van der Waals surface area contributed by atoms with Crippen LogP contribution in [0.5, 0.6) is 5.75 Å². The molecule has 2 rings (SSSR count). The van der Waals surface area contributed by atoms with Gasteiger partial charge in [0, 0.05) is 31.9 Å². The molecule has 1 aromatic heterocycles. The first-order valence-electron chi connectivity index (χ1n) is 5.74. The number of phenolic OH excluding ortho intramolecular Hbond substituents is 1. The summed E-state index contributed by atoms with van der Waals surface area (Å²) in [5.41, 5.74) is 0.881. The molecule has 0 unspecified atom stereocenters. The summed E-state index contributed by atoms with van der Waals surface area (Å²) in [6, 6.07) is 6.85. The molecule has 2 N–H and O–H groups in total. The van der Waals surface area contributed by atoms with Crippen molar-refractivity contribution < 1.29 is 9.90 Å². The van der Waals surface area contributed by atoms with E-state index in [9.17, 15) is 9.90 Å². The second-order valence-corrected chi connectivity index (χ2v) is 4.00. The van der Waals surface area contributed by atoms with Crippen molar-refractivity contribution in [2.75, 3.05) is 0 Å². The zero-order valence-corrected chi connectivity index (χ0v) is 9.91. The molecule has 0 aliphatic heterocycles. The van der Waals surface area contributed by atoms with Gasteiger partial charge in [-0.2, -0.15) is 0 Å². The maximum Gasteiger partial charge on any atom is 0.222 e. The Kier molecular flexibility index (Phi) is 3.96. The molecule has 0 aliphatic rings. The average Bonchev–Trinajstić information content (AvgIpc) is 2.87. The lowest BCUT2D eigenvalue weighted by Gasteiger charge is -2.06. The van der Waals surface area contributed by atoms with Gasteiger partial charge in [0.1, 0.15) is 5.75 Å². The van der Waals surface area contributed by atoms with Crippen LogP contribution in [0.3, 0.4) is 0 Å². The third-order valence-electron chi connectivity index (χ3n) is 2.56. The molecule has 5 nitrogen and oxygen atoms in total. The van der Waals surface area contributed by atoms with Gasteiger partial charge in [-0.25, -0.2) is 4.98 Å². The molecular formula is C13H15N3O2. The van der Waals surface area contributed by atoms with E-state index in [0.717, 1.165) is 5.56 Å². The summed E-state index contributed by atoms with van der Waals surface area (Å²) >= 11 is 0. The van der Waals surface area contributed by atoms with Gasteiger partial charge in [0.15, 0.2) is 0 Å². The monoisotopic (exact) mass is 245 g/mol. The predicted molar refractivity (Wildman–Crippen MR) is 66.8 cm³/mol. The van der Waals surface area contributed by atoms with Crippen LogP contribution in [-0.2, 0) is 17.9 Å². The molecule has 0 atom stereocenters. The molecule has 0 aliphatic carbocycles. The molecular weight excluding hydrogens is 230 g/mol. The van der Waals surface area contributed by atoms with Gasteiger partial charge >= 0.3 is 0 Å². The molecule has 1 aromatic carbocycles. The number of hydrogen-bond donors (Lipinski definition) is 2. The van der Waals surface area contributed by atoms with Gasteiger partial charge in [0.05, 0.1) is 6.33 Å². The van der Waals surface area contributed by atoms with Crippen molar-refractivity contribution in [3.63, 3.8) is 0 Å². The number of nitrogens with one attached hydrogen (secondary N) is 1. The highest BCUT2D eigenvalue weighted by Gasteiger charge is 2.02. The van der Waals surface area contributed by atoms with E-state index in [0.29, 0.717) is 19.5 Å². The van der Waals surface area contributed by atoms with Gasteiger partial charge in [-0.05, 0) is 17.7 Å². The number of carbonyl (C=O) groups is 1. The highest BCUT2D eigenvalue weighted by Crippen LogP contribution is 2.10. The van der Waals surface area contributed by atoms with Crippen molar-refractivity contribution >= 4 is 5.91 Å². The Hall–Kier alpha value is -2.30. The summed E-state index contributed by atoms with van der Waals surface area (Å²) in [6.07, 6.45) is 5.60. The van der Waals surface area contributed by atoms with Gasteiger partial charge in [-0.3, -0.25) is 4.79 Å². The number of aromatic nitrogens is 2. The zero-order valence-electron chi connectivity index (χ0n) is 9.91. The Bertz CT molecular complexity index is 509. The zero-order chi connectivity index (χ0) is 12.8. The van der Waals surface area contributed by atoms with Crippen LogP contribution in [0.1, 0.15) is 12.0 Å². The van der Waals surface area contributed by atoms with E-state index in [2.05, 4.69) is 10.3 Å². The molecule has 0 bridgehead atoms. The molecule has 0 saturated heterocycles. The fraction of sp³-hybridized carbons (Fsp3) is 0.231. The number of amides is 1. The molecule has 18 heavy (non-hydrogen) atoms. The van der Waals surface area contributed by atoms with Crippen LogP contribution in [0.4, 0.5) is 0 Å². The summed E-state index contributed by atoms with van der Waals surface area (Å²) in [7, 11) is 0. The second-order valence-electron chi connectivity index (χ2n) is 4.00. The molecule has 1 amide bonds. The summed E-state index contributed by atoms with van der Waals surface area (Å²) in [5, 5.41) is 12.1. The van der Waals surface area contributed by atoms with Gasteiger partial charge in [0.2, 0.25) is 5.91 Å². The minimum absolute atomic E-state index is 0.0213. The maximum absolute atomic E-state index is 11.6. The lowest BCUT2D eigenvalue weighted by Crippen LogP contribution is -2.23. The Labute approximate surface area is 105 Å². The molecule has 0 spiro atoms. The molecule has 5 heteroatoms. The Morgan fingerprint density at radius 2 is 2.33 bits per heavy atom. The molecule has 2 aromatic rings. The normalized spacial score (nSPS) is 10.2. The van der Waals surface area contributed by atoms with E-state index >= 15 is 0 Å². The minimum atomic E-state index is -0.0213. The van der Waals surface area contributed by atoms with Crippen LogP contribution >= 0.6 is 0 Å². The van der Waals surface area contributed by atoms with Crippen LogP contribution in [0.25, 0.3) is 0 Å². The first-order chi connectivity index (χ1) is 8.74. The number of rotatable bonds is 5. The second kappa shape index (κ2) is 5.86. The maximum atomic E-state index is 11.6. The largest absolute Gasteiger partial charge is 0.508 e. The number of benzene rings is 1. The first kappa shape index (κ1) is 12.2. The van der Waals surface area contributed by atoms with Gasteiger partial charge < -0.3 is 15.0 Å².